The van der Waals surface area contributed by atoms with E-state index in [1.165, 1.54) is 70.6 Å². The third-order valence-corrected chi connectivity index (χ3v) is 4.24. The summed E-state index contributed by atoms with van der Waals surface area (Å²) in [5, 5.41) is 11.1. The fraction of sp³-hybridized carbons (Fsp3) is 1.00. The molecule has 0 rings (SSSR count). The van der Waals surface area contributed by atoms with Gasteiger partial charge in [0.25, 0.3) is 0 Å². The van der Waals surface area contributed by atoms with Crippen molar-refractivity contribution in [3.8, 4) is 0 Å². The van der Waals surface area contributed by atoms with E-state index in [-0.39, 0.29) is 0 Å². The monoisotopic (exact) mass is 297 g/mol. The van der Waals surface area contributed by atoms with E-state index in [4.69, 9.17) is 0 Å². The molecule has 1 unspecified atom stereocenters. The minimum Gasteiger partial charge on any atom is -0.273 e. The van der Waals surface area contributed by atoms with E-state index in [0.717, 1.165) is 0 Å². The molecule has 0 spiro atoms. The Morgan fingerprint density at radius 2 is 1.10 bits per heavy atom. The van der Waals surface area contributed by atoms with E-state index in [2.05, 4.69) is 43.0 Å². The van der Waals surface area contributed by atoms with Crippen LogP contribution in [0, 0.1) is 0 Å². The van der Waals surface area contributed by atoms with Crippen molar-refractivity contribution in [3.05, 3.63) is 0 Å². The number of nitrogens with zero attached hydrogens (tertiary/aromatic N) is 3. The molecule has 0 aromatic heterocycles. The van der Waals surface area contributed by atoms with Gasteiger partial charge in [-0.2, -0.15) is 5.11 Å². The summed E-state index contributed by atoms with van der Waals surface area (Å²) >= 11 is 0. The lowest BCUT2D eigenvalue weighted by molar-refractivity contribution is 0.0942. The molecule has 0 aromatic rings. The van der Waals surface area contributed by atoms with Crippen LogP contribution in [0.5, 0.6) is 0 Å². The first-order valence-corrected chi connectivity index (χ1v) is 9.33. The van der Waals surface area contributed by atoms with Gasteiger partial charge in [-0.3, -0.25) is 5.01 Å². The Balaban J connectivity index is 4.91. The van der Waals surface area contributed by atoms with Gasteiger partial charge in [-0.1, -0.05) is 77.9 Å². The molecule has 0 fully saturated rings. The van der Waals surface area contributed by atoms with Gasteiger partial charge in [0.1, 0.15) is 0 Å². The van der Waals surface area contributed by atoms with E-state index in [0.29, 0.717) is 12.1 Å². The second-order valence-corrected chi connectivity index (χ2v) is 6.19. The average molecular weight is 298 g/mol. The summed E-state index contributed by atoms with van der Waals surface area (Å²) in [6.07, 6.45) is 14.0. The van der Waals surface area contributed by atoms with Crippen LogP contribution in [0.25, 0.3) is 0 Å². The van der Waals surface area contributed by atoms with Crippen LogP contribution in [0.1, 0.15) is 98.3 Å². The molecule has 0 N–H and O–H groups in total. The molecule has 0 aromatic carbocycles. The standard InChI is InChI=1S/C18H39N3/c1-6-10-14-17(13-9-4)21(20-19-5)18(15-11-7-2)16-12-8-3/h17-18H,6-16H2,1-5H3. The summed E-state index contributed by atoms with van der Waals surface area (Å²) in [4.78, 5) is 0. The summed E-state index contributed by atoms with van der Waals surface area (Å²) in [5.41, 5.74) is 0. The van der Waals surface area contributed by atoms with Gasteiger partial charge >= 0.3 is 0 Å². The van der Waals surface area contributed by atoms with E-state index >= 15 is 0 Å². The second-order valence-electron chi connectivity index (χ2n) is 6.19. The molecule has 0 heterocycles. The summed E-state index contributed by atoms with van der Waals surface area (Å²) < 4.78 is 0. The largest absolute Gasteiger partial charge is 0.273 e. The highest BCUT2D eigenvalue weighted by Crippen LogP contribution is 2.24. The van der Waals surface area contributed by atoms with Gasteiger partial charge in [-0.25, -0.2) is 0 Å². The third-order valence-electron chi connectivity index (χ3n) is 4.24. The van der Waals surface area contributed by atoms with Crippen molar-refractivity contribution >= 4 is 0 Å². The normalized spacial score (nSPS) is 13.2. The minimum atomic E-state index is 0.581. The molecule has 0 aliphatic rings. The quantitative estimate of drug-likeness (QED) is 0.269. The van der Waals surface area contributed by atoms with Gasteiger partial charge < -0.3 is 0 Å². The highest BCUT2D eigenvalue weighted by molar-refractivity contribution is 4.76. The minimum absolute atomic E-state index is 0.581. The van der Waals surface area contributed by atoms with Crippen LogP contribution in [-0.4, -0.2) is 24.1 Å². The summed E-state index contributed by atoms with van der Waals surface area (Å²) in [5.74, 6) is 0. The lowest BCUT2D eigenvalue weighted by Gasteiger charge is -2.35. The van der Waals surface area contributed by atoms with Crippen LogP contribution in [0.2, 0.25) is 0 Å². The first-order chi connectivity index (χ1) is 10.2. The Kier molecular flexibility index (Phi) is 13.9. The van der Waals surface area contributed by atoms with Gasteiger partial charge in [0.15, 0.2) is 0 Å². The van der Waals surface area contributed by atoms with Gasteiger partial charge in [0.2, 0.25) is 0 Å². The molecule has 0 saturated heterocycles. The predicted octanol–water partition coefficient (Wildman–Crippen LogP) is 6.39. The van der Waals surface area contributed by atoms with Crippen molar-refractivity contribution in [1.82, 2.24) is 5.01 Å². The molecule has 0 radical (unpaired) electrons. The molecule has 126 valence electrons. The molecule has 3 heteroatoms. The lowest BCUT2D eigenvalue weighted by Crippen LogP contribution is -2.39. The average Bonchev–Trinajstić information content (AvgIpc) is 2.50. The first kappa shape index (κ1) is 20.4. The third kappa shape index (κ3) is 9.10. The van der Waals surface area contributed by atoms with Crippen molar-refractivity contribution < 1.29 is 0 Å². The summed E-state index contributed by atoms with van der Waals surface area (Å²) in [6, 6.07) is 1.17. The number of hydrogen-bond donors (Lipinski definition) is 0. The Hall–Kier alpha value is -0.600. The fourth-order valence-electron chi connectivity index (χ4n) is 3.02. The maximum atomic E-state index is 4.56. The van der Waals surface area contributed by atoms with Crippen molar-refractivity contribution in [2.24, 2.45) is 10.3 Å². The SMILES string of the molecule is CCCCC(CCC)N(N=NC)C(CCCC)CCCC. The topological polar surface area (TPSA) is 28.0 Å². The first-order valence-electron chi connectivity index (χ1n) is 9.33. The molecule has 21 heavy (non-hydrogen) atoms. The summed E-state index contributed by atoms with van der Waals surface area (Å²) in [7, 11) is 1.81. The molecule has 0 amide bonds. The van der Waals surface area contributed by atoms with Crippen LogP contribution in [0.3, 0.4) is 0 Å². The molecule has 0 saturated carbocycles. The smallest absolute Gasteiger partial charge is 0.0509 e. The van der Waals surface area contributed by atoms with Gasteiger partial charge in [-0.15, -0.1) is 0 Å². The van der Waals surface area contributed by atoms with Crippen LogP contribution in [0.4, 0.5) is 0 Å². The Morgan fingerprint density at radius 1 is 0.667 bits per heavy atom. The zero-order chi connectivity index (χ0) is 15.9. The molecular weight excluding hydrogens is 258 g/mol. The maximum absolute atomic E-state index is 4.56. The summed E-state index contributed by atoms with van der Waals surface area (Å²) in [6.45, 7) is 9.12. The Morgan fingerprint density at radius 3 is 1.43 bits per heavy atom. The van der Waals surface area contributed by atoms with E-state index in [9.17, 15) is 0 Å². The van der Waals surface area contributed by atoms with Crippen LogP contribution >= 0.6 is 0 Å². The zero-order valence-electron chi connectivity index (χ0n) is 15.3. The molecule has 0 bridgehead atoms. The second kappa shape index (κ2) is 14.3. The van der Waals surface area contributed by atoms with Crippen molar-refractivity contribution in [1.29, 1.82) is 0 Å². The van der Waals surface area contributed by atoms with E-state index in [1.54, 1.807) is 0 Å². The molecular formula is C18H39N3. The van der Waals surface area contributed by atoms with Gasteiger partial charge in [-0.05, 0) is 25.7 Å². The van der Waals surface area contributed by atoms with E-state index < -0.39 is 0 Å². The Labute approximate surface area is 133 Å². The zero-order valence-corrected chi connectivity index (χ0v) is 15.3. The number of rotatable bonds is 14. The van der Waals surface area contributed by atoms with Gasteiger partial charge in [0.05, 0.1) is 7.05 Å². The maximum Gasteiger partial charge on any atom is 0.0509 e. The van der Waals surface area contributed by atoms with Crippen molar-refractivity contribution in [2.75, 3.05) is 7.05 Å². The highest BCUT2D eigenvalue weighted by atomic mass is 15.6. The highest BCUT2D eigenvalue weighted by Gasteiger charge is 2.24. The molecule has 1 atom stereocenters. The van der Waals surface area contributed by atoms with Crippen LogP contribution in [0.15, 0.2) is 10.3 Å². The predicted molar refractivity (Wildman–Crippen MR) is 93.7 cm³/mol. The fourth-order valence-corrected chi connectivity index (χ4v) is 3.02. The number of hydrogen-bond acceptors (Lipinski definition) is 2. The van der Waals surface area contributed by atoms with Crippen molar-refractivity contribution in [3.63, 3.8) is 0 Å². The lowest BCUT2D eigenvalue weighted by atomic mass is 9.98. The van der Waals surface area contributed by atoms with E-state index in [1.807, 2.05) is 7.05 Å². The Bertz CT molecular complexity index is 233. The molecule has 0 aliphatic heterocycles. The molecule has 3 nitrogen and oxygen atoms in total. The number of unbranched alkanes of at least 4 members (excludes halogenated alkanes) is 3. The van der Waals surface area contributed by atoms with Crippen LogP contribution < -0.4 is 0 Å². The molecule has 0 aliphatic carbocycles. The van der Waals surface area contributed by atoms with Crippen molar-refractivity contribution in [2.45, 2.75) is 110 Å². The van der Waals surface area contributed by atoms with Gasteiger partial charge in [0, 0.05) is 12.1 Å². The van der Waals surface area contributed by atoms with Crippen LogP contribution in [-0.2, 0) is 0 Å².